The van der Waals surface area contributed by atoms with Crippen molar-refractivity contribution >= 4 is 83.5 Å². The predicted octanol–water partition coefficient (Wildman–Crippen LogP) is 11.3. The summed E-state index contributed by atoms with van der Waals surface area (Å²) in [5.74, 6) is 3.46. The van der Waals surface area contributed by atoms with Gasteiger partial charge >= 0.3 is 0 Å². The van der Waals surface area contributed by atoms with E-state index < -0.39 is 0 Å². The van der Waals surface area contributed by atoms with Gasteiger partial charge in [0, 0.05) is 38.7 Å². The molecule has 12 rings (SSSR count). The molecule has 0 saturated heterocycles. The molecule has 256 valence electrons. The van der Waals surface area contributed by atoms with Gasteiger partial charge < -0.3 is 18.9 Å². The van der Waals surface area contributed by atoms with Crippen LogP contribution in [-0.2, 0) is 0 Å². The SMILES string of the molecule is c1ccc(N(c2ccc3ccccc3c2)c2cc3c(c4ccccc24)c2cc4c(cc2n3-c2ccccc2)B2c3ccccc3Oc3cccc(c32)O4)cc1. The second kappa shape index (κ2) is 11.6. The average molecular weight is 703 g/mol. The maximum Gasteiger partial charge on any atom is 0.260 e. The van der Waals surface area contributed by atoms with E-state index in [0.29, 0.717) is 0 Å². The lowest BCUT2D eigenvalue weighted by Crippen LogP contribution is -2.57. The minimum atomic E-state index is -0.0275. The maximum absolute atomic E-state index is 6.84. The number of nitrogens with zero attached hydrogens (tertiary/aromatic N) is 2. The molecule has 10 aromatic rings. The topological polar surface area (TPSA) is 26.6 Å². The summed E-state index contributed by atoms with van der Waals surface area (Å²) in [5, 5.41) is 7.13. The lowest BCUT2D eigenvalue weighted by Gasteiger charge is -2.32. The molecule has 0 radical (unpaired) electrons. The van der Waals surface area contributed by atoms with Crippen LogP contribution in [0.5, 0.6) is 23.0 Å². The zero-order valence-electron chi connectivity index (χ0n) is 29.7. The van der Waals surface area contributed by atoms with E-state index in [0.717, 1.165) is 78.6 Å². The Morgan fingerprint density at radius 1 is 0.418 bits per heavy atom. The van der Waals surface area contributed by atoms with E-state index in [2.05, 4.69) is 185 Å². The summed E-state index contributed by atoms with van der Waals surface area (Å²) in [6.45, 7) is -0.0275. The smallest absolute Gasteiger partial charge is 0.260 e. The number of ether oxygens (including phenoxy) is 2. The maximum atomic E-state index is 6.84. The molecule has 9 aromatic carbocycles. The third-order valence-corrected chi connectivity index (χ3v) is 11.4. The highest BCUT2D eigenvalue weighted by Crippen LogP contribution is 2.47. The Morgan fingerprint density at radius 3 is 1.93 bits per heavy atom. The van der Waals surface area contributed by atoms with Crippen LogP contribution in [0.4, 0.5) is 17.1 Å². The minimum Gasteiger partial charge on any atom is -0.458 e. The average Bonchev–Trinajstić information content (AvgIpc) is 3.56. The summed E-state index contributed by atoms with van der Waals surface area (Å²) < 4.78 is 15.7. The van der Waals surface area contributed by atoms with Crippen molar-refractivity contribution in [2.45, 2.75) is 0 Å². The molecular formula is C50H31BN2O2. The van der Waals surface area contributed by atoms with Crippen LogP contribution >= 0.6 is 0 Å². The highest BCUT2D eigenvalue weighted by molar-refractivity contribution is 6.98. The lowest BCUT2D eigenvalue weighted by molar-refractivity contribution is 0.465. The van der Waals surface area contributed by atoms with Gasteiger partial charge in [0.2, 0.25) is 0 Å². The Labute approximate surface area is 318 Å². The number of benzene rings is 9. The molecule has 0 unspecified atom stereocenters. The Balaban J connectivity index is 1.20. The Hall–Kier alpha value is -7.24. The van der Waals surface area contributed by atoms with E-state index in [1.54, 1.807) is 0 Å². The van der Waals surface area contributed by atoms with Crippen molar-refractivity contribution in [2.24, 2.45) is 0 Å². The van der Waals surface area contributed by atoms with Gasteiger partial charge in [-0.05, 0) is 99.9 Å². The van der Waals surface area contributed by atoms with Crippen LogP contribution < -0.4 is 30.8 Å². The number of para-hydroxylation sites is 3. The van der Waals surface area contributed by atoms with Gasteiger partial charge in [0.1, 0.15) is 23.0 Å². The van der Waals surface area contributed by atoms with Gasteiger partial charge in [-0.1, -0.05) is 115 Å². The minimum absolute atomic E-state index is 0.0275. The molecule has 55 heavy (non-hydrogen) atoms. The van der Waals surface area contributed by atoms with Crippen molar-refractivity contribution in [2.75, 3.05) is 4.90 Å². The van der Waals surface area contributed by atoms with E-state index in [1.165, 1.54) is 26.9 Å². The number of anilines is 3. The molecule has 0 saturated carbocycles. The number of hydrogen-bond donors (Lipinski definition) is 0. The first kappa shape index (κ1) is 30.2. The van der Waals surface area contributed by atoms with Gasteiger partial charge in [0.05, 0.1) is 16.7 Å². The van der Waals surface area contributed by atoms with Gasteiger partial charge in [-0.25, -0.2) is 0 Å². The highest BCUT2D eigenvalue weighted by atomic mass is 16.5. The summed E-state index contributed by atoms with van der Waals surface area (Å²) in [6.07, 6.45) is 0. The molecule has 2 aliphatic rings. The molecule has 4 nitrogen and oxygen atoms in total. The third kappa shape index (κ3) is 4.47. The summed E-state index contributed by atoms with van der Waals surface area (Å²) in [4.78, 5) is 2.41. The van der Waals surface area contributed by atoms with Crippen molar-refractivity contribution < 1.29 is 9.47 Å². The fourth-order valence-electron chi connectivity index (χ4n) is 9.09. The summed E-state index contributed by atoms with van der Waals surface area (Å²) in [6, 6.07) is 67.3. The first-order valence-corrected chi connectivity index (χ1v) is 18.8. The van der Waals surface area contributed by atoms with Crippen LogP contribution in [0.25, 0.3) is 49.0 Å². The van der Waals surface area contributed by atoms with Crippen molar-refractivity contribution in [3.05, 3.63) is 188 Å². The fourth-order valence-corrected chi connectivity index (χ4v) is 9.09. The number of fused-ring (bicyclic) bond motifs is 10. The normalized spacial score (nSPS) is 12.6. The Morgan fingerprint density at radius 2 is 1.09 bits per heavy atom. The van der Waals surface area contributed by atoms with Crippen LogP contribution in [0.1, 0.15) is 0 Å². The largest absolute Gasteiger partial charge is 0.458 e. The quantitative estimate of drug-likeness (QED) is 0.171. The van der Waals surface area contributed by atoms with Crippen molar-refractivity contribution in [3.8, 4) is 28.7 Å². The molecule has 0 atom stereocenters. The van der Waals surface area contributed by atoms with Crippen LogP contribution in [-0.4, -0.2) is 11.3 Å². The molecule has 2 aliphatic heterocycles. The molecule has 0 spiro atoms. The van der Waals surface area contributed by atoms with Crippen LogP contribution in [0.15, 0.2) is 188 Å². The molecule has 0 bridgehead atoms. The van der Waals surface area contributed by atoms with Gasteiger partial charge in [0.25, 0.3) is 6.71 Å². The monoisotopic (exact) mass is 702 g/mol. The first-order chi connectivity index (χ1) is 27.3. The van der Waals surface area contributed by atoms with Gasteiger partial charge in [-0.3, -0.25) is 0 Å². The zero-order chi connectivity index (χ0) is 36.0. The zero-order valence-corrected chi connectivity index (χ0v) is 29.7. The summed E-state index contributed by atoms with van der Waals surface area (Å²) >= 11 is 0. The van der Waals surface area contributed by atoms with Crippen LogP contribution in [0.2, 0.25) is 0 Å². The summed E-state index contributed by atoms with van der Waals surface area (Å²) in [7, 11) is 0. The van der Waals surface area contributed by atoms with E-state index in [-0.39, 0.29) is 6.71 Å². The molecule has 1 aromatic heterocycles. The second-order valence-electron chi connectivity index (χ2n) is 14.5. The van der Waals surface area contributed by atoms with Crippen molar-refractivity contribution in [1.82, 2.24) is 4.57 Å². The van der Waals surface area contributed by atoms with E-state index in [4.69, 9.17) is 9.47 Å². The fraction of sp³-hybridized carbons (Fsp3) is 0. The number of rotatable bonds is 4. The van der Waals surface area contributed by atoms with Gasteiger partial charge in [-0.15, -0.1) is 0 Å². The number of aromatic nitrogens is 1. The lowest BCUT2D eigenvalue weighted by atomic mass is 9.35. The highest BCUT2D eigenvalue weighted by Gasteiger charge is 2.40. The third-order valence-electron chi connectivity index (χ3n) is 11.4. The van der Waals surface area contributed by atoms with Crippen molar-refractivity contribution in [3.63, 3.8) is 0 Å². The van der Waals surface area contributed by atoms with Gasteiger partial charge in [-0.2, -0.15) is 0 Å². The molecule has 5 heteroatoms. The van der Waals surface area contributed by atoms with E-state index >= 15 is 0 Å². The van der Waals surface area contributed by atoms with Gasteiger partial charge in [0.15, 0.2) is 0 Å². The standard InChI is InChI=1S/C50H31BN2O2/c1-3-16-34(17-4-1)52(36-27-26-32-14-7-8-15-33(32)28-36)43-31-44-49(38-21-10-9-20-37(38)43)39-29-48-41(30-42(39)53(44)35-18-5-2-6-19-35)51-40-22-11-12-23-45(40)54-46-24-13-25-47(55-48)50(46)51/h1-31H. The first-order valence-electron chi connectivity index (χ1n) is 18.8. The predicted molar refractivity (Wildman–Crippen MR) is 228 cm³/mol. The van der Waals surface area contributed by atoms with Crippen molar-refractivity contribution in [1.29, 1.82) is 0 Å². The molecule has 0 fully saturated rings. The van der Waals surface area contributed by atoms with Crippen LogP contribution in [0, 0.1) is 0 Å². The molecule has 0 aliphatic carbocycles. The summed E-state index contributed by atoms with van der Waals surface area (Å²) in [5.41, 5.74) is 10.0. The molecular weight excluding hydrogens is 671 g/mol. The molecule has 0 amide bonds. The Bertz CT molecular complexity index is 3170. The molecule has 0 N–H and O–H groups in total. The van der Waals surface area contributed by atoms with Crippen LogP contribution in [0.3, 0.4) is 0 Å². The number of hydrogen-bond acceptors (Lipinski definition) is 3. The Kier molecular flexibility index (Phi) is 6.40. The molecule has 3 heterocycles. The van der Waals surface area contributed by atoms with E-state index in [1.807, 2.05) is 12.1 Å². The second-order valence-corrected chi connectivity index (χ2v) is 14.5. The van der Waals surface area contributed by atoms with E-state index in [9.17, 15) is 0 Å².